The van der Waals surface area contributed by atoms with Crippen LogP contribution in [0.5, 0.6) is 0 Å². The summed E-state index contributed by atoms with van der Waals surface area (Å²) in [6, 6.07) is 1.89. The van der Waals surface area contributed by atoms with Crippen molar-refractivity contribution in [1.82, 2.24) is 25.2 Å². The van der Waals surface area contributed by atoms with Crippen molar-refractivity contribution in [2.45, 2.75) is 27.2 Å². The number of aromatic nitrogens is 3. The van der Waals surface area contributed by atoms with E-state index in [1.54, 1.807) is 10.7 Å². The van der Waals surface area contributed by atoms with Crippen LogP contribution in [-0.4, -0.2) is 40.1 Å². The summed E-state index contributed by atoms with van der Waals surface area (Å²) in [4.78, 5) is 16.4. The average molecular weight is 312 g/mol. The molecule has 1 amide bonds. The van der Waals surface area contributed by atoms with Crippen molar-refractivity contribution in [3.05, 3.63) is 29.2 Å². The largest absolute Gasteiger partial charge is 0.351 e. The Morgan fingerprint density at radius 3 is 2.76 bits per heavy atom. The van der Waals surface area contributed by atoms with Crippen LogP contribution in [0.4, 0.5) is 0 Å². The van der Waals surface area contributed by atoms with Crippen LogP contribution in [0.25, 0.3) is 5.65 Å². The normalized spacial score (nSPS) is 10.4. The zero-order valence-electron chi connectivity index (χ0n) is 12.6. The number of amides is 1. The van der Waals surface area contributed by atoms with Gasteiger partial charge in [0.2, 0.25) is 0 Å². The van der Waals surface area contributed by atoms with Crippen LogP contribution in [-0.2, 0) is 0 Å². The summed E-state index contributed by atoms with van der Waals surface area (Å²) in [5.41, 5.74) is 3.03. The van der Waals surface area contributed by atoms with Crippen molar-refractivity contribution in [3.8, 4) is 0 Å². The topological polar surface area (TPSA) is 71.3 Å². The fraction of sp³-hybridized carbons (Fsp3) is 0.500. The molecule has 0 saturated carbocycles. The maximum absolute atomic E-state index is 12.1. The molecule has 6 nitrogen and oxygen atoms in total. The van der Waals surface area contributed by atoms with Gasteiger partial charge in [-0.05, 0) is 26.8 Å². The number of hydrogen-bond donors (Lipinski definition) is 2. The Bertz CT molecular complexity index is 611. The molecule has 116 valence electrons. The summed E-state index contributed by atoms with van der Waals surface area (Å²) in [5, 5.41) is 10.5. The number of aryl methyl sites for hydroxylation is 2. The Balaban J connectivity index is 0.00000220. The summed E-state index contributed by atoms with van der Waals surface area (Å²) in [7, 11) is 0. The van der Waals surface area contributed by atoms with Crippen LogP contribution in [0, 0.1) is 13.8 Å². The van der Waals surface area contributed by atoms with Crippen LogP contribution in [0.15, 0.2) is 12.3 Å². The SMILES string of the molecule is CCCNCCNC(=O)c1cnc2cc(C)nn2c1C.Cl. The van der Waals surface area contributed by atoms with Gasteiger partial charge in [0.05, 0.1) is 17.0 Å². The number of nitrogens with one attached hydrogen (secondary N) is 2. The second-order valence-electron chi connectivity index (χ2n) is 4.82. The van der Waals surface area contributed by atoms with E-state index in [2.05, 4.69) is 27.6 Å². The predicted molar refractivity (Wildman–Crippen MR) is 85.2 cm³/mol. The zero-order valence-corrected chi connectivity index (χ0v) is 13.5. The third-order valence-corrected chi connectivity index (χ3v) is 3.10. The molecule has 2 heterocycles. The molecule has 0 spiro atoms. The summed E-state index contributed by atoms with van der Waals surface area (Å²) in [6.45, 7) is 8.25. The zero-order chi connectivity index (χ0) is 14.5. The summed E-state index contributed by atoms with van der Waals surface area (Å²) >= 11 is 0. The molecular formula is C14H22ClN5O. The molecule has 0 radical (unpaired) electrons. The molecule has 0 saturated heterocycles. The number of carbonyl (C=O) groups is 1. The second kappa shape index (κ2) is 7.95. The van der Waals surface area contributed by atoms with Crippen LogP contribution in [0.3, 0.4) is 0 Å². The van der Waals surface area contributed by atoms with Gasteiger partial charge >= 0.3 is 0 Å². The van der Waals surface area contributed by atoms with E-state index in [0.29, 0.717) is 12.1 Å². The first-order chi connectivity index (χ1) is 9.63. The highest BCUT2D eigenvalue weighted by Crippen LogP contribution is 2.10. The Morgan fingerprint density at radius 2 is 2.05 bits per heavy atom. The molecule has 0 fully saturated rings. The molecule has 7 heteroatoms. The molecule has 2 aromatic rings. The van der Waals surface area contributed by atoms with Crippen molar-refractivity contribution in [1.29, 1.82) is 0 Å². The predicted octanol–water partition coefficient (Wildman–Crippen LogP) is 1.50. The lowest BCUT2D eigenvalue weighted by Crippen LogP contribution is -2.32. The molecule has 2 aromatic heterocycles. The third kappa shape index (κ3) is 4.15. The maximum Gasteiger partial charge on any atom is 0.254 e. The fourth-order valence-corrected chi connectivity index (χ4v) is 2.05. The van der Waals surface area contributed by atoms with Crippen LogP contribution >= 0.6 is 12.4 Å². The van der Waals surface area contributed by atoms with E-state index in [9.17, 15) is 4.79 Å². The lowest BCUT2D eigenvalue weighted by atomic mass is 10.2. The van der Waals surface area contributed by atoms with Gasteiger partial charge in [0.25, 0.3) is 5.91 Å². The van der Waals surface area contributed by atoms with Gasteiger partial charge in [-0.25, -0.2) is 9.50 Å². The standard InChI is InChI=1S/C14H21N5O.ClH/c1-4-5-15-6-7-16-14(20)12-9-17-13-8-10(2)18-19(13)11(12)3;/h8-9,15H,4-7H2,1-3H3,(H,16,20);1H. The van der Waals surface area contributed by atoms with E-state index in [0.717, 1.165) is 36.5 Å². The highest BCUT2D eigenvalue weighted by Gasteiger charge is 2.13. The molecule has 0 atom stereocenters. The minimum atomic E-state index is -0.108. The molecule has 2 N–H and O–H groups in total. The first-order valence-electron chi connectivity index (χ1n) is 6.94. The van der Waals surface area contributed by atoms with E-state index in [1.165, 1.54) is 0 Å². The van der Waals surface area contributed by atoms with Gasteiger partial charge in [-0.1, -0.05) is 6.92 Å². The van der Waals surface area contributed by atoms with Crippen LogP contribution < -0.4 is 10.6 Å². The van der Waals surface area contributed by atoms with Gasteiger partial charge in [0.1, 0.15) is 0 Å². The van der Waals surface area contributed by atoms with Crippen molar-refractivity contribution >= 4 is 24.0 Å². The number of nitrogens with zero attached hydrogens (tertiary/aromatic N) is 3. The van der Waals surface area contributed by atoms with E-state index in [-0.39, 0.29) is 18.3 Å². The number of hydrogen-bond acceptors (Lipinski definition) is 4. The smallest absolute Gasteiger partial charge is 0.254 e. The van der Waals surface area contributed by atoms with Crippen molar-refractivity contribution in [2.75, 3.05) is 19.6 Å². The monoisotopic (exact) mass is 311 g/mol. The molecule has 0 unspecified atom stereocenters. The van der Waals surface area contributed by atoms with E-state index < -0.39 is 0 Å². The number of halogens is 1. The van der Waals surface area contributed by atoms with Gasteiger partial charge < -0.3 is 10.6 Å². The Labute approximate surface area is 130 Å². The van der Waals surface area contributed by atoms with Gasteiger partial charge in [0, 0.05) is 25.4 Å². The quantitative estimate of drug-likeness (QED) is 0.793. The van der Waals surface area contributed by atoms with Gasteiger partial charge in [-0.2, -0.15) is 5.10 Å². The van der Waals surface area contributed by atoms with Gasteiger partial charge in [-0.15, -0.1) is 12.4 Å². The van der Waals surface area contributed by atoms with Crippen LogP contribution in [0.1, 0.15) is 35.1 Å². The highest BCUT2D eigenvalue weighted by atomic mass is 35.5. The lowest BCUT2D eigenvalue weighted by molar-refractivity contribution is 0.0952. The minimum Gasteiger partial charge on any atom is -0.351 e. The molecule has 0 aliphatic heterocycles. The fourth-order valence-electron chi connectivity index (χ4n) is 2.05. The minimum absolute atomic E-state index is 0. The Hall–Kier alpha value is -1.66. The number of carbonyl (C=O) groups excluding carboxylic acids is 1. The van der Waals surface area contributed by atoms with Crippen molar-refractivity contribution in [3.63, 3.8) is 0 Å². The molecule has 0 bridgehead atoms. The van der Waals surface area contributed by atoms with E-state index in [4.69, 9.17) is 0 Å². The highest BCUT2D eigenvalue weighted by molar-refractivity contribution is 5.95. The average Bonchev–Trinajstić information content (AvgIpc) is 2.80. The third-order valence-electron chi connectivity index (χ3n) is 3.10. The first kappa shape index (κ1) is 17.4. The summed E-state index contributed by atoms with van der Waals surface area (Å²) in [5.74, 6) is -0.108. The lowest BCUT2D eigenvalue weighted by Gasteiger charge is -2.09. The Morgan fingerprint density at radius 1 is 1.29 bits per heavy atom. The summed E-state index contributed by atoms with van der Waals surface area (Å²) in [6.07, 6.45) is 2.70. The van der Waals surface area contributed by atoms with E-state index in [1.807, 2.05) is 19.9 Å². The maximum atomic E-state index is 12.1. The van der Waals surface area contributed by atoms with Gasteiger partial charge in [-0.3, -0.25) is 4.79 Å². The molecule has 0 aliphatic carbocycles. The molecular weight excluding hydrogens is 290 g/mol. The molecule has 2 rings (SSSR count). The Kier molecular flexibility index (Phi) is 6.58. The summed E-state index contributed by atoms with van der Waals surface area (Å²) < 4.78 is 1.71. The first-order valence-corrected chi connectivity index (χ1v) is 6.94. The second-order valence-corrected chi connectivity index (χ2v) is 4.82. The number of fused-ring (bicyclic) bond motifs is 1. The van der Waals surface area contributed by atoms with E-state index >= 15 is 0 Å². The molecule has 21 heavy (non-hydrogen) atoms. The van der Waals surface area contributed by atoms with Crippen molar-refractivity contribution < 1.29 is 4.79 Å². The van der Waals surface area contributed by atoms with Gasteiger partial charge in [0.15, 0.2) is 5.65 Å². The molecule has 0 aliphatic rings. The van der Waals surface area contributed by atoms with Crippen molar-refractivity contribution in [2.24, 2.45) is 0 Å². The molecule has 0 aromatic carbocycles. The number of rotatable bonds is 6. The van der Waals surface area contributed by atoms with Crippen LogP contribution in [0.2, 0.25) is 0 Å².